The van der Waals surface area contributed by atoms with Gasteiger partial charge in [0, 0.05) is 7.05 Å². The summed E-state index contributed by atoms with van der Waals surface area (Å²) in [5.74, 6) is 0.898. The van der Waals surface area contributed by atoms with Crippen molar-refractivity contribution in [1.29, 1.82) is 10.7 Å². The molecule has 7 heteroatoms. The van der Waals surface area contributed by atoms with Crippen LogP contribution in [0.4, 0.5) is 0 Å². The normalized spacial score (nSPS) is 9.50. The number of thiol groups is 1. The van der Waals surface area contributed by atoms with Crippen LogP contribution in [0.5, 0.6) is 0 Å². The molecule has 0 aliphatic carbocycles. The largest absolute Gasteiger partial charge is 0.376 e. The third kappa shape index (κ3) is 2.64. The molecule has 0 radical (unpaired) electrons. The summed E-state index contributed by atoms with van der Waals surface area (Å²) < 4.78 is 4.70. The van der Waals surface area contributed by atoms with Gasteiger partial charge in [0.1, 0.15) is 22.5 Å². The molecule has 0 saturated carbocycles. The Balaban J connectivity index is 2.68. The molecule has 0 bridgehead atoms. The van der Waals surface area contributed by atoms with Crippen LogP contribution in [0.15, 0.2) is 9.24 Å². The fourth-order valence-corrected chi connectivity index (χ4v) is 2.63. The van der Waals surface area contributed by atoms with E-state index in [1.165, 1.54) is 23.3 Å². The van der Waals surface area contributed by atoms with E-state index in [1.807, 2.05) is 6.07 Å². The number of rotatable bonds is 3. The first-order valence-corrected chi connectivity index (χ1v) is 5.86. The van der Waals surface area contributed by atoms with Crippen molar-refractivity contribution >= 4 is 41.8 Å². The van der Waals surface area contributed by atoms with Gasteiger partial charge in [-0.25, -0.2) is 0 Å². The Labute approximate surface area is 95.8 Å². The number of amidine groups is 1. The van der Waals surface area contributed by atoms with E-state index in [0.29, 0.717) is 26.4 Å². The number of thioether (sulfide) groups is 1. The van der Waals surface area contributed by atoms with Gasteiger partial charge in [-0.2, -0.15) is 9.64 Å². The zero-order chi connectivity index (χ0) is 10.6. The lowest BCUT2D eigenvalue weighted by Gasteiger charge is -1.99. The van der Waals surface area contributed by atoms with E-state index in [0.717, 1.165) is 0 Å². The molecule has 0 fully saturated rings. The predicted octanol–water partition coefficient (Wildman–Crippen LogP) is 1.59. The fraction of sp³-hybridized carbons (Fsp3) is 0.286. The molecular weight excluding hydrogens is 236 g/mol. The minimum atomic E-state index is 0.410. The zero-order valence-corrected chi connectivity index (χ0v) is 9.89. The van der Waals surface area contributed by atoms with Gasteiger partial charge in [-0.05, 0) is 11.5 Å². The highest BCUT2D eigenvalue weighted by molar-refractivity contribution is 8.00. The number of nitrogens with zero attached hydrogens (tertiary/aromatic N) is 2. The Morgan fingerprint density at radius 2 is 2.57 bits per heavy atom. The minimum absolute atomic E-state index is 0.410. The molecule has 0 aliphatic heterocycles. The average Bonchev–Trinajstić information content (AvgIpc) is 2.55. The second-order valence-corrected chi connectivity index (χ2v) is 4.78. The highest BCUT2D eigenvalue weighted by Crippen LogP contribution is 2.29. The van der Waals surface area contributed by atoms with Gasteiger partial charge < -0.3 is 5.32 Å². The van der Waals surface area contributed by atoms with Gasteiger partial charge in [-0.15, -0.1) is 12.6 Å². The number of hydrogen-bond donors (Lipinski definition) is 3. The van der Waals surface area contributed by atoms with Crippen molar-refractivity contribution in [3.8, 4) is 6.07 Å². The molecule has 0 aliphatic rings. The fourth-order valence-electron chi connectivity index (χ4n) is 0.674. The lowest BCUT2D eigenvalue weighted by atomic mass is 10.4. The molecule has 74 valence electrons. The van der Waals surface area contributed by atoms with Crippen LogP contribution in [0, 0.1) is 16.7 Å². The molecule has 1 rings (SSSR count). The topological polar surface area (TPSA) is 72.6 Å². The van der Waals surface area contributed by atoms with Crippen LogP contribution in [-0.4, -0.2) is 23.0 Å². The van der Waals surface area contributed by atoms with Gasteiger partial charge in [0.05, 0.1) is 9.96 Å². The lowest BCUT2D eigenvalue weighted by molar-refractivity contribution is 1.13. The van der Waals surface area contributed by atoms with Gasteiger partial charge in [0.25, 0.3) is 0 Å². The summed E-state index contributed by atoms with van der Waals surface area (Å²) in [4.78, 5) is 0. The van der Waals surface area contributed by atoms with Gasteiger partial charge in [0.2, 0.25) is 0 Å². The molecule has 4 nitrogen and oxygen atoms in total. The van der Waals surface area contributed by atoms with Crippen molar-refractivity contribution in [2.45, 2.75) is 9.24 Å². The first-order chi connectivity index (χ1) is 6.69. The predicted molar refractivity (Wildman–Crippen MR) is 61.6 cm³/mol. The first kappa shape index (κ1) is 11.4. The smallest absolute Gasteiger partial charge is 0.129 e. The lowest BCUT2D eigenvalue weighted by Crippen LogP contribution is -2.18. The SMILES string of the molecule is CNC(=N)CSc1nsc(S)c1C#N. The van der Waals surface area contributed by atoms with Gasteiger partial charge in [0.15, 0.2) is 0 Å². The van der Waals surface area contributed by atoms with E-state index in [9.17, 15) is 0 Å². The van der Waals surface area contributed by atoms with Crippen LogP contribution >= 0.6 is 35.9 Å². The molecule has 14 heavy (non-hydrogen) atoms. The first-order valence-electron chi connectivity index (χ1n) is 3.65. The van der Waals surface area contributed by atoms with E-state index in [1.54, 1.807) is 7.05 Å². The molecule has 1 aromatic rings. The van der Waals surface area contributed by atoms with Crippen molar-refractivity contribution < 1.29 is 0 Å². The van der Waals surface area contributed by atoms with Crippen LogP contribution < -0.4 is 5.32 Å². The highest BCUT2D eigenvalue weighted by Gasteiger charge is 2.11. The molecule has 0 amide bonds. The van der Waals surface area contributed by atoms with Crippen molar-refractivity contribution in [2.24, 2.45) is 0 Å². The third-order valence-electron chi connectivity index (χ3n) is 1.41. The quantitative estimate of drug-likeness (QED) is 0.327. The molecule has 1 aromatic heterocycles. The zero-order valence-electron chi connectivity index (χ0n) is 7.37. The maximum absolute atomic E-state index is 8.80. The van der Waals surface area contributed by atoms with E-state index in [-0.39, 0.29) is 0 Å². The molecule has 0 unspecified atom stereocenters. The molecule has 1 heterocycles. The van der Waals surface area contributed by atoms with Crippen molar-refractivity contribution in [3.63, 3.8) is 0 Å². The summed E-state index contributed by atoms with van der Waals surface area (Å²) in [7, 11) is 1.69. The number of hydrogen-bond acceptors (Lipinski definition) is 6. The summed E-state index contributed by atoms with van der Waals surface area (Å²) in [6.07, 6.45) is 0. The molecule has 2 N–H and O–H groups in total. The number of nitriles is 1. The Bertz CT molecular complexity index is 379. The van der Waals surface area contributed by atoms with Crippen molar-refractivity contribution in [2.75, 3.05) is 12.8 Å². The van der Waals surface area contributed by atoms with Crippen LogP contribution in [-0.2, 0) is 0 Å². The van der Waals surface area contributed by atoms with Crippen molar-refractivity contribution in [3.05, 3.63) is 5.56 Å². The molecule has 0 aromatic carbocycles. The maximum Gasteiger partial charge on any atom is 0.129 e. The van der Waals surface area contributed by atoms with Crippen molar-refractivity contribution in [1.82, 2.24) is 9.69 Å². The Morgan fingerprint density at radius 1 is 1.86 bits per heavy atom. The Hall–Kier alpha value is -0.710. The summed E-state index contributed by atoms with van der Waals surface area (Å²) in [6, 6.07) is 2.05. The third-order valence-corrected chi connectivity index (χ3v) is 3.65. The Morgan fingerprint density at radius 3 is 3.14 bits per heavy atom. The summed E-state index contributed by atoms with van der Waals surface area (Å²) in [5.41, 5.74) is 0.507. The second-order valence-electron chi connectivity index (χ2n) is 2.30. The number of nitrogens with one attached hydrogen (secondary N) is 2. The molecule has 0 saturated heterocycles. The molecule has 0 atom stereocenters. The minimum Gasteiger partial charge on any atom is -0.376 e. The van der Waals surface area contributed by atoms with Gasteiger partial charge in [-0.1, -0.05) is 11.8 Å². The Kier molecular flexibility index (Phi) is 4.25. The van der Waals surface area contributed by atoms with Gasteiger partial charge in [-0.3, -0.25) is 5.41 Å². The second kappa shape index (κ2) is 5.24. The van der Waals surface area contributed by atoms with Gasteiger partial charge >= 0.3 is 0 Å². The van der Waals surface area contributed by atoms with Crippen LogP contribution in [0.1, 0.15) is 5.56 Å². The average molecular weight is 244 g/mol. The standard InChI is InChI=1S/C7H8N4S3/c1-10-5(9)3-13-6-4(2-8)7(12)14-11-6/h12H,3H2,1H3,(H2,9,10). The monoisotopic (exact) mass is 244 g/mol. The summed E-state index contributed by atoms with van der Waals surface area (Å²) in [6.45, 7) is 0. The van der Waals surface area contributed by atoms with E-state index in [2.05, 4.69) is 22.3 Å². The van der Waals surface area contributed by atoms with E-state index >= 15 is 0 Å². The van der Waals surface area contributed by atoms with E-state index < -0.39 is 0 Å². The highest BCUT2D eigenvalue weighted by atomic mass is 32.2. The number of aromatic nitrogens is 1. The summed E-state index contributed by atoms with van der Waals surface area (Å²) >= 11 is 6.68. The maximum atomic E-state index is 8.80. The van der Waals surface area contributed by atoms with Crippen LogP contribution in [0.25, 0.3) is 0 Å². The van der Waals surface area contributed by atoms with Crippen LogP contribution in [0.3, 0.4) is 0 Å². The van der Waals surface area contributed by atoms with Crippen LogP contribution in [0.2, 0.25) is 0 Å². The molecule has 0 spiro atoms. The summed E-state index contributed by atoms with van der Waals surface area (Å²) in [5, 5.41) is 19.5. The van der Waals surface area contributed by atoms with E-state index in [4.69, 9.17) is 10.7 Å². The molecular formula is C7H8N4S3.